The van der Waals surface area contributed by atoms with Crippen LogP contribution >= 0.6 is 23.2 Å². The molecule has 2 amide bonds. The topological polar surface area (TPSA) is 49.4 Å². The van der Waals surface area contributed by atoms with E-state index in [0.717, 1.165) is 37.9 Å². The molecule has 0 unspecified atom stereocenters. The Bertz CT molecular complexity index is 875. The Hall–Kier alpha value is -2.04. The first kappa shape index (κ1) is 21.7. The molecule has 0 aliphatic heterocycles. The van der Waals surface area contributed by atoms with E-state index in [4.69, 9.17) is 23.2 Å². The third-order valence-electron chi connectivity index (χ3n) is 5.75. The van der Waals surface area contributed by atoms with Gasteiger partial charge < -0.3 is 10.2 Å². The third-order valence-corrected chi connectivity index (χ3v) is 6.49. The monoisotopic (exact) mass is 432 g/mol. The van der Waals surface area contributed by atoms with Crippen LogP contribution in [0.2, 0.25) is 10.0 Å². The molecule has 1 aliphatic rings. The summed E-state index contributed by atoms with van der Waals surface area (Å²) in [5, 5.41) is 3.66. The number of amides is 2. The maximum absolute atomic E-state index is 12.4. The van der Waals surface area contributed by atoms with Crippen LogP contribution in [0.4, 0.5) is 5.69 Å². The van der Waals surface area contributed by atoms with Gasteiger partial charge in [0.15, 0.2) is 0 Å². The van der Waals surface area contributed by atoms with E-state index in [9.17, 15) is 9.59 Å². The van der Waals surface area contributed by atoms with Crippen LogP contribution < -0.4 is 5.32 Å². The zero-order valence-electron chi connectivity index (χ0n) is 16.8. The maximum atomic E-state index is 12.4. The summed E-state index contributed by atoms with van der Waals surface area (Å²) >= 11 is 11.9. The smallest absolute Gasteiger partial charge is 0.255 e. The van der Waals surface area contributed by atoms with Gasteiger partial charge in [0, 0.05) is 30.8 Å². The van der Waals surface area contributed by atoms with Gasteiger partial charge in [0.1, 0.15) is 0 Å². The average molecular weight is 433 g/mol. The predicted molar refractivity (Wildman–Crippen MR) is 119 cm³/mol. The molecule has 6 heteroatoms. The van der Waals surface area contributed by atoms with E-state index in [-0.39, 0.29) is 17.7 Å². The molecule has 0 saturated heterocycles. The van der Waals surface area contributed by atoms with Crippen molar-refractivity contribution in [3.8, 4) is 0 Å². The molecule has 1 aliphatic carbocycles. The summed E-state index contributed by atoms with van der Waals surface area (Å²) in [5.74, 6) is 0.661. The lowest BCUT2D eigenvalue weighted by Gasteiger charge is -2.30. The molecule has 4 nitrogen and oxygen atoms in total. The highest BCUT2D eigenvalue weighted by Gasteiger charge is 2.28. The minimum absolute atomic E-state index is 0.154. The van der Waals surface area contributed by atoms with Crippen LogP contribution in [0.1, 0.15) is 54.4 Å². The molecule has 0 atom stereocenters. The minimum atomic E-state index is -0.226. The average Bonchev–Trinajstić information content (AvgIpc) is 2.75. The van der Waals surface area contributed by atoms with Crippen molar-refractivity contribution in [1.29, 1.82) is 0 Å². The Morgan fingerprint density at radius 1 is 1.00 bits per heavy atom. The Morgan fingerprint density at radius 3 is 2.24 bits per heavy atom. The maximum Gasteiger partial charge on any atom is 0.255 e. The first-order valence-corrected chi connectivity index (χ1v) is 10.8. The molecule has 154 valence electrons. The van der Waals surface area contributed by atoms with Crippen molar-refractivity contribution < 1.29 is 9.59 Å². The van der Waals surface area contributed by atoms with Crippen molar-refractivity contribution in [1.82, 2.24) is 4.90 Å². The number of rotatable bonds is 5. The second kappa shape index (κ2) is 9.64. The Morgan fingerprint density at radius 2 is 1.66 bits per heavy atom. The van der Waals surface area contributed by atoms with Gasteiger partial charge in [0.2, 0.25) is 5.91 Å². The number of carbonyl (C=O) groups is 2. The van der Waals surface area contributed by atoms with Crippen molar-refractivity contribution in [3.05, 3.63) is 63.6 Å². The SMILES string of the molecule is CCN(C)C(=O)C1CCC(c2ccc(NC(=O)c3ccc(Cl)c(Cl)c3)cc2)CC1. The third kappa shape index (κ3) is 5.31. The fraction of sp³-hybridized carbons (Fsp3) is 0.391. The van der Waals surface area contributed by atoms with Crippen LogP contribution in [0.15, 0.2) is 42.5 Å². The second-order valence-corrected chi connectivity index (χ2v) is 8.42. The summed E-state index contributed by atoms with van der Waals surface area (Å²) in [5.41, 5.74) is 2.45. The normalized spacial score (nSPS) is 18.9. The number of hydrogen-bond donors (Lipinski definition) is 1. The van der Waals surface area contributed by atoms with Crippen LogP contribution in [-0.4, -0.2) is 30.3 Å². The molecule has 0 aromatic heterocycles. The number of halogens is 2. The first-order valence-electron chi connectivity index (χ1n) is 10.0. The summed E-state index contributed by atoms with van der Waals surface area (Å²) in [6.45, 7) is 2.76. The Balaban J connectivity index is 1.57. The molecule has 1 saturated carbocycles. The lowest BCUT2D eigenvalue weighted by Crippen LogP contribution is -2.34. The van der Waals surface area contributed by atoms with Gasteiger partial charge in [-0.3, -0.25) is 9.59 Å². The van der Waals surface area contributed by atoms with E-state index in [1.807, 2.05) is 31.0 Å². The molecule has 29 heavy (non-hydrogen) atoms. The molecular weight excluding hydrogens is 407 g/mol. The van der Waals surface area contributed by atoms with E-state index < -0.39 is 0 Å². The van der Waals surface area contributed by atoms with Crippen LogP contribution in [0.25, 0.3) is 0 Å². The number of carbonyl (C=O) groups excluding carboxylic acids is 2. The van der Waals surface area contributed by atoms with Gasteiger partial charge in [-0.1, -0.05) is 35.3 Å². The quantitative estimate of drug-likeness (QED) is 0.629. The molecule has 0 bridgehead atoms. The van der Waals surface area contributed by atoms with Crippen molar-refractivity contribution in [2.45, 2.75) is 38.5 Å². The van der Waals surface area contributed by atoms with E-state index >= 15 is 0 Å². The van der Waals surface area contributed by atoms with Gasteiger partial charge in [-0.25, -0.2) is 0 Å². The van der Waals surface area contributed by atoms with E-state index in [2.05, 4.69) is 17.4 Å². The van der Waals surface area contributed by atoms with Crippen molar-refractivity contribution in [3.63, 3.8) is 0 Å². The molecule has 2 aromatic rings. The molecule has 1 fully saturated rings. The van der Waals surface area contributed by atoms with Crippen LogP contribution in [0.5, 0.6) is 0 Å². The van der Waals surface area contributed by atoms with Crippen molar-refractivity contribution in [2.75, 3.05) is 18.9 Å². The lowest BCUT2D eigenvalue weighted by atomic mass is 9.78. The molecule has 0 heterocycles. The van der Waals surface area contributed by atoms with Crippen LogP contribution in [0, 0.1) is 5.92 Å². The van der Waals surface area contributed by atoms with Gasteiger partial charge in [-0.15, -0.1) is 0 Å². The lowest BCUT2D eigenvalue weighted by molar-refractivity contribution is -0.135. The highest BCUT2D eigenvalue weighted by atomic mass is 35.5. The number of anilines is 1. The number of benzene rings is 2. The summed E-state index contributed by atoms with van der Waals surface area (Å²) < 4.78 is 0. The first-order chi connectivity index (χ1) is 13.9. The molecule has 0 radical (unpaired) electrons. The van der Waals surface area contributed by atoms with Crippen molar-refractivity contribution in [2.24, 2.45) is 5.92 Å². The fourth-order valence-electron chi connectivity index (χ4n) is 3.82. The predicted octanol–water partition coefficient (Wildman–Crippen LogP) is 6.00. The van der Waals surface area contributed by atoms with Gasteiger partial charge in [0.25, 0.3) is 5.91 Å². The van der Waals surface area contributed by atoms with Gasteiger partial charge in [-0.05, 0) is 74.4 Å². The molecule has 3 rings (SSSR count). The second-order valence-electron chi connectivity index (χ2n) is 7.61. The van der Waals surface area contributed by atoms with Gasteiger partial charge in [0.05, 0.1) is 10.0 Å². The molecule has 0 spiro atoms. The largest absolute Gasteiger partial charge is 0.346 e. The molecular formula is C23H26Cl2N2O2. The van der Waals surface area contributed by atoms with Gasteiger partial charge in [-0.2, -0.15) is 0 Å². The van der Waals surface area contributed by atoms with Gasteiger partial charge >= 0.3 is 0 Å². The summed E-state index contributed by atoms with van der Waals surface area (Å²) in [7, 11) is 1.87. The van der Waals surface area contributed by atoms with E-state index in [0.29, 0.717) is 21.5 Å². The summed E-state index contributed by atoms with van der Waals surface area (Å²) in [6.07, 6.45) is 3.90. The summed E-state index contributed by atoms with van der Waals surface area (Å²) in [6, 6.07) is 12.8. The Kier molecular flexibility index (Phi) is 7.20. The number of nitrogens with zero attached hydrogens (tertiary/aromatic N) is 1. The standard InChI is InChI=1S/C23H26Cl2N2O2/c1-3-27(2)23(29)17-6-4-15(5-7-17)16-8-11-19(12-9-16)26-22(28)18-10-13-20(24)21(25)14-18/h8-15,17H,3-7H2,1-2H3,(H,26,28). The van der Waals surface area contributed by atoms with Crippen LogP contribution in [-0.2, 0) is 4.79 Å². The fourth-order valence-corrected chi connectivity index (χ4v) is 4.12. The highest BCUT2D eigenvalue weighted by Crippen LogP contribution is 2.36. The highest BCUT2D eigenvalue weighted by molar-refractivity contribution is 6.42. The molecule has 1 N–H and O–H groups in total. The number of nitrogens with one attached hydrogen (secondary N) is 1. The Labute approximate surface area is 182 Å². The van der Waals surface area contributed by atoms with E-state index in [1.54, 1.807) is 18.2 Å². The zero-order valence-corrected chi connectivity index (χ0v) is 18.3. The zero-order chi connectivity index (χ0) is 21.0. The minimum Gasteiger partial charge on any atom is -0.346 e. The van der Waals surface area contributed by atoms with E-state index in [1.165, 1.54) is 5.56 Å². The van der Waals surface area contributed by atoms with Crippen molar-refractivity contribution >= 4 is 40.7 Å². The molecule has 2 aromatic carbocycles. The summed E-state index contributed by atoms with van der Waals surface area (Å²) in [4.78, 5) is 26.6. The number of hydrogen-bond acceptors (Lipinski definition) is 2. The van der Waals surface area contributed by atoms with Crippen LogP contribution in [0.3, 0.4) is 0 Å².